The second-order valence-corrected chi connectivity index (χ2v) is 3.52. The van der Waals surface area contributed by atoms with Gasteiger partial charge in [0.25, 0.3) is 5.91 Å². The minimum Gasteiger partial charge on any atom is -0.376 e. The zero-order valence-corrected chi connectivity index (χ0v) is 8.99. The zero-order valence-electron chi connectivity index (χ0n) is 8.18. The number of aromatic nitrogens is 2. The molecule has 0 radical (unpaired) electrons. The first-order valence-corrected chi connectivity index (χ1v) is 4.89. The van der Waals surface area contributed by atoms with Crippen LogP contribution in [0.15, 0.2) is 30.6 Å². The van der Waals surface area contributed by atoms with E-state index in [0.29, 0.717) is 11.1 Å². The van der Waals surface area contributed by atoms with Crippen molar-refractivity contribution in [3.05, 3.63) is 36.2 Å². The molecule has 0 saturated heterocycles. The fourth-order valence-electron chi connectivity index (χ4n) is 1.29. The molecular weight excluding hydrogens is 224 g/mol. The highest BCUT2D eigenvalue weighted by Crippen LogP contribution is 2.10. The van der Waals surface area contributed by atoms with E-state index in [-0.39, 0.29) is 11.0 Å². The van der Waals surface area contributed by atoms with Crippen LogP contribution in [-0.2, 0) is 0 Å². The lowest BCUT2D eigenvalue weighted by Gasteiger charge is -2.03. The highest BCUT2D eigenvalue weighted by Gasteiger charge is 2.07. The van der Waals surface area contributed by atoms with Gasteiger partial charge >= 0.3 is 0 Å². The minimum atomic E-state index is -0.347. The standard InChI is InChI=1S/C10H8N4OS/c11-10(16)14-9(15)6-1-2-7-8(5-6)13-4-3-12-7/h1-5H,(H3,11,14,15,16). The van der Waals surface area contributed by atoms with Gasteiger partial charge in [0.1, 0.15) is 0 Å². The molecule has 1 heterocycles. The van der Waals surface area contributed by atoms with Crippen LogP contribution in [0.1, 0.15) is 10.4 Å². The fourth-order valence-corrected chi connectivity index (χ4v) is 1.38. The summed E-state index contributed by atoms with van der Waals surface area (Å²) in [6.07, 6.45) is 3.16. The lowest BCUT2D eigenvalue weighted by atomic mass is 10.2. The predicted octanol–water partition coefficient (Wildman–Crippen LogP) is 0.603. The van der Waals surface area contributed by atoms with Gasteiger partial charge in [-0.05, 0) is 30.4 Å². The van der Waals surface area contributed by atoms with Gasteiger partial charge in [-0.2, -0.15) is 0 Å². The van der Waals surface area contributed by atoms with Gasteiger partial charge in [-0.15, -0.1) is 0 Å². The number of nitrogens with two attached hydrogens (primary N) is 1. The normalized spacial score (nSPS) is 10.0. The van der Waals surface area contributed by atoms with E-state index in [4.69, 9.17) is 5.73 Å². The number of hydrogen-bond donors (Lipinski definition) is 2. The van der Waals surface area contributed by atoms with Crippen LogP contribution in [0.5, 0.6) is 0 Å². The Balaban J connectivity index is 2.39. The lowest BCUT2D eigenvalue weighted by Crippen LogP contribution is -2.34. The summed E-state index contributed by atoms with van der Waals surface area (Å²) in [5.74, 6) is -0.347. The average Bonchev–Trinajstić information content (AvgIpc) is 2.27. The third-order valence-electron chi connectivity index (χ3n) is 1.97. The van der Waals surface area contributed by atoms with Gasteiger partial charge in [0, 0.05) is 18.0 Å². The second-order valence-electron chi connectivity index (χ2n) is 3.08. The lowest BCUT2D eigenvalue weighted by molar-refractivity contribution is 0.0977. The number of benzene rings is 1. The molecule has 0 unspecified atom stereocenters. The summed E-state index contributed by atoms with van der Waals surface area (Å²) in [5, 5.41) is 2.29. The highest BCUT2D eigenvalue weighted by atomic mass is 32.1. The maximum atomic E-state index is 11.6. The Morgan fingerprint density at radius 1 is 1.25 bits per heavy atom. The maximum Gasteiger partial charge on any atom is 0.257 e. The van der Waals surface area contributed by atoms with E-state index in [9.17, 15) is 4.79 Å². The van der Waals surface area contributed by atoms with Crippen LogP contribution in [0.2, 0.25) is 0 Å². The van der Waals surface area contributed by atoms with Crippen LogP contribution >= 0.6 is 12.2 Å². The zero-order chi connectivity index (χ0) is 11.5. The molecule has 0 aliphatic carbocycles. The molecule has 16 heavy (non-hydrogen) atoms. The van der Waals surface area contributed by atoms with Crippen LogP contribution in [0.4, 0.5) is 0 Å². The van der Waals surface area contributed by atoms with E-state index in [1.165, 1.54) is 0 Å². The first-order chi connectivity index (χ1) is 7.66. The van der Waals surface area contributed by atoms with E-state index in [1.54, 1.807) is 30.6 Å². The highest BCUT2D eigenvalue weighted by molar-refractivity contribution is 7.80. The Hall–Kier alpha value is -2.08. The maximum absolute atomic E-state index is 11.6. The van der Waals surface area contributed by atoms with Crippen LogP contribution in [0.3, 0.4) is 0 Å². The first-order valence-electron chi connectivity index (χ1n) is 4.48. The van der Waals surface area contributed by atoms with E-state index in [2.05, 4.69) is 27.5 Å². The minimum absolute atomic E-state index is 0.0516. The molecule has 80 valence electrons. The Morgan fingerprint density at radius 3 is 2.62 bits per heavy atom. The molecule has 1 aromatic carbocycles. The third-order valence-corrected chi connectivity index (χ3v) is 2.07. The van der Waals surface area contributed by atoms with Crippen LogP contribution in [-0.4, -0.2) is 21.0 Å². The van der Waals surface area contributed by atoms with Crippen LogP contribution < -0.4 is 11.1 Å². The summed E-state index contributed by atoms with van der Waals surface area (Å²) in [7, 11) is 0. The molecule has 0 fully saturated rings. The van der Waals surface area contributed by atoms with Crippen molar-refractivity contribution in [1.82, 2.24) is 15.3 Å². The molecule has 1 aromatic heterocycles. The number of nitrogens with zero attached hydrogens (tertiary/aromatic N) is 2. The Morgan fingerprint density at radius 2 is 1.94 bits per heavy atom. The van der Waals surface area contributed by atoms with Gasteiger partial charge in [-0.3, -0.25) is 20.1 Å². The fraction of sp³-hybridized carbons (Fsp3) is 0. The topological polar surface area (TPSA) is 80.9 Å². The monoisotopic (exact) mass is 232 g/mol. The van der Waals surface area contributed by atoms with Crippen molar-refractivity contribution in [1.29, 1.82) is 0 Å². The van der Waals surface area contributed by atoms with Crippen molar-refractivity contribution in [2.24, 2.45) is 5.73 Å². The first kappa shape index (κ1) is 10.4. The predicted molar refractivity (Wildman–Crippen MR) is 63.8 cm³/mol. The van der Waals surface area contributed by atoms with Crippen LogP contribution in [0, 0.1) is 0 Å². The summed E-state index contributed by atoms with van der Waals surface area (Å²) in [6, 6.07) is 5.00. The van der Waals surface area contributed by atoms with Crippen molar-refractivity contribution in [2.45, 2.75) is 0 Å². The average molecular weight is 232 g/mol. The molecular formula is C10H8N4OS. The van der Waals surface area contributed by atoms with E-state index in [1.807, 2.05) is 0 Å². The van der Waals surface area contributed by atoms with Gasteiger partial charge < -0.3 is 5.73 Å². The molecule has 5 nitrogen and oxygen atoms in total. The van der Waals surface area contributed by atoms with Crippen molar-refractivity contribution in [3.63, 3.8) is 0 Å². The van der Waals surface area contributed by atoms with Crippen molar-refractivity contribution < 1.29 is 4.79 Å². The molecule has 2 aromatic rings. The molecule has 0 saturated carbocycles. The SMILES string of the molecule is NC(=S)NC(=O)c1ccc2nccnc2c1. The number of thiocarbonyl (C=S) groups is 1. The summed E-state index contributed by atoms with van der Waals surface area (Å²) >= 11 is 4.59. The second kappa shape index (κ2) is 4.19. The molecule has 1 amide bonds. The summed E-state index contributed by atoms with van der Waals surface area (Å²) < 4.78 is 0. The molecule has 0 bridgehead atoms. The molecule has 0 spiro atoms. The number of hydrogen-bond acceptors (Lipinski definition) is 4. The number of fused-ring (bicyclic) bond motifs is 1. The number of rotatable bonds is 1. The molecule has 2 rings (SSSR count). The number of carbonyl (C=O) groups is 1. The summed E-state index contributed by atoms with van der Waals surface area (Å²) in [5.41, 5.74) is 7.04. The molecule has 0 aliphatic rings. The van der Waals surface area contributed by atoms with E-state index in [0.717, 1.165) is 5.52 Å². The Kier molecular flexibility index (Phi) is 2.74. The van der Waals surface area contributed by atoms with Crippen molar-refractivity contribution in [2.75, 3.05) is 0 Å². The van der Waals surface area contributed by atoms with Gasteiger partial charge in [0.05, 0.1) is 11.0 Å². The largest absolute Gasteiger partial charge is 0.376 e. The van der Waals surface area contributed by atoms with Crippen LogP contribution in [0.25, 0.3) is 11.0 Å². The van der Waals surface area contributed by atoms with Gasteiger partial charge in [0.2, 0.25) is 0 Å². The molecule has 0 aliphatic heterocycles. The summed E-state index contributed by atoms with van der Waals surface area (Å²) in [6.45, 7) is 0. The van der Waals surface area contributed by atoms with Gasteiger partial charge in [0.15, 0.2) is 5.11 Å². The van der Waals surface area contributed by atoms with Crippen molar-refractivity contribution >= 4 is 34.3 Å². The van der Waals surface area contributed by atoms with Gasteiger partial charge in [-0.1, -0.05) is 0 Å². The Labute approximate surface area is 96.7 Å². The van der Waals surface area contributed by atoms with Gasteiger partial charge in [-0.25, -0.2) is 0 Å². The smallest absolute Gasteiger partial charge is 0.257 e. The molecule has 0 atom stereocenters. The number of amides is 1. The molecule has 6 heteroatoms. The quantitative estimate of drug-likeness (QED) is 0.704. The molecule has 3 N–H and O–H groups in total. The van der Waals surface area contributed by atoms with E-state index < -0.39 is 0 Å². The third kappa shape index (κ3) is 2.12. The number of carbonyl (C=O) groups excluding carboxylic acids is 1. The Bertz CT molecular complexity index is 570. The number of nitrogens with one attached hydrogen (secondary N) is 1. The van der Waals surface area contributed by atoms with E-state index >= 15 is 0 Å². The van der Waals surface area contributed by atoms with Crippen molar-refractivity contribution in [3.8, 4) is 0 Å². The summed E-state index contributed by atoms with van der Waals surface area (Å²) in [4.78, 5) is 19.8.